The van der Waals surface area contributed by atoms with Crippen molar-refractivity contribution in [3.05, 3.63) is 30.1 Å². The van der Waals surface area contributed by atoms with E-state index in [0.29, 0.717) is 0 Å². The zero-order chi connectivity index (χ0) is 12.3. The van der Waals surface area contributed by atoms with Crippen LogP contribution >= 0.6 is 0 Å². The number of nitriles is 1. The zero-order valence-electron chi connectivity index (χ0n) is 10.6. The molecule has 1 unspecified atom stereocenters. The number of likely N-dealkylation sites (tertiary alicyclic amines) is 1. The number of hydrogen-bond acceptors (Lipinski definition) is 3. The third-order valence-corrected chi connectivity index (χ3v) is 3.59. The second kappa shape index (κ2) is 4.85. The summed E-state index contributed by atoms with van der Waals surface area (Å²) in [7, 11) is 0. The van der Waals surface area contributed by atoms with E-state index in [2.05, 4.69) is 35.9 Å². The summed E-state index contributed by atoms with van der Waals surface area (Å²) >= 11 is 0. The topological polar surface area (TPSA) is 39.9 Å². The highest BCUT2D eigenvalue weighted by atomic mass is 15.1. The van der Waals surface area contributed by atoms with Gasteiger partial charge < -0.3 is 0 Å². The molecule has 2 heterocycles. The van der Waals surface area contributed by atoms with Crippen LogP contribution in [0.3, 0.4) is 0 Å². The van der Waals surface area contributed by atoms with Crippen LogP contribution in [-0.2, 0) is 6.54 Å². The van der Waals surface area contributed by atoms with Crippen molar-refractivity contribution in [2.45, 2.75) is 26.8 Å². The van der Waals surface area contributed by atoms with Gasteiger partial charge in [-0.15, -0.1) is 0 Å². The van der Waals surface area contributed by atoms with Crippen LogP contribution in [0.4, 0.5) is 0 Å². The summed E-state index contributed by atoms with van der Waals surface area (Å²) in [5.74, 6) is 0.188. The van der Waals surface area contributed by atoms with Crippen molar-refractivity contribution < 1.29 is 0 Å². The molecule has 0 N–H and O–H groups in total. The summed E-state index contributed by atoms with van der Waals surface area (Å²) in [5, 5.41) is 9.12. The van der Waals surface area contributed by atoms with Crippen LogP contribution in [0.1, 0.15) is 25.8 Å². The molecular weight excluding hydrogens is 210 g/mol. The predicted molar refractivity (Wildman–Crippen MR) is 67.0 cm³/mol. The quantitative estimate of drug-likeness (QED) is 0.782. The van der Waals surface area contributed by atoms with E-state index in [9.17, 15) is 0 Å². The third-order valence-electron chi connectivity index (χ3n) is 3.59. The Labute approximate surface area is 103 Å². The Kier molecular flexibility index (Phi) is 3.44. The summed E-state index contributed by atoms with van der Waals surface area (Å²) in [5.41, 5.74) is 1.34. The Morgan fingerprint density at radius 1 is 1.59 bits per heavy atom. The van der Waals surface area contributed by atoms with Gasteiger partial charge in [-0.05, 0) is 30.0 Å². The molecule has 1 atom stereocenters. The first-order valence-corrected chi connectivity index (χ1v) is 6.13. The molecule has 0 bridgehead atoms. The Balaban J connectivity index is 2.00. The van der Waals surface area contributed by atoms with E-state index in [1.54, 1.807) is 6.20 Å². The van der Waals surface area contributed by atoms with E-state index in [1.807, 2.05) is 12.3 Å². The van der Waals surface area contributed by atoms with Crippen LogP contribution in [0.15, 0.2) is 24.5 Å². The van der Waals surface area contributed by atoms with E-state index in [4.69, 9.17) is 5.26 Å². The lowest BCUT2D eigenvalue weighted by Gasteiger charge is -2.41. The highest BCUT2D eigenvalue weighted by Crippen LogP contribution is 2.34. The normalized spacial score (nSPS) is 24.2. The molecule has 1 saturated heterocycles. The van der Waals surface area contributed by atoms with Crippen LogP contribution in [0.5, 0.6) is 0 Å². The molecule has 0 amide bonds. The number of piperidine rings is 1. The molecule has 3 nitrogen and oxygen atoms in total. The van der Waals surface area contributed by atoms with Gasteiger partial charge in [0.1, 0.15) is 0 Å². The van der Waals surface area contributed by atoms with Gasteiger partial charge in [-0.25, -0.2) is 0 Å². The Hall–Kier alpha value is -1.40. The van der Waals surface area contributed by atoms with Crippen LogP contribution in [0, 0.1) is 22.7 Å². The van der Waals surface area contributed by atoms with Crippen molar-refractivity contribution in [3.63, 3.8) is 0 Å². The first-order chi connectivity index (χ1) is 8.12. The van der Waals surface area contributed by atoms with E-state index >= 15 is 0 Å². The Morgan fingerprint density at radius 2 is 2.41 bits per heavy atom. The van der Waals surface area contributed by atoms with Gasteiger partial charge >= 0.3 is 0 Å². The highest BCUT2D eigenvalue weighted by molar-refractivity contribution is 5.09. The maximum absolute atomic E-state index is 9.12. The smallest absolute Gasteiger partial charge is 0.0662 e. The largest absolute Gasteiger partial charge is 0.298 e. The third kappa shape index (κ3) is 2.83. The molecule has 1 aromatic heterocycles. The molecule has 0 aromatic carbocycles. The average molecular weight is 229 g/mol. The van der Waals surface area contributed by atoms with Crippen LogP contribution in [0.25, 0.3) is 0 Å². The Bertz CT molecular complexity index is 405. The van der Waals surface area contributed by atoms with Crippen molar-refractivity contribution in [1.82, 2.24) is 9.88 Å². The lowest BCUT2D eigenvalue weighted by atomic mass is 9.75. The van der Waals surface area contributed by atoms with Crippen LogP contribution < -0.4 is 0 Å². The van der Waals surface area contributed by atoms with E-state index in [1.165, 1.54) is 5.56 Å². The number of rotatable bonds is 2. The molecule has 2 rings (SSSR count). The number of nitrogens with zero attached hydrogens (tertiary/aromatic N) is 3. The van der Waals surface area contributed by atoms with Gasteiger partial charge in [0.05, 0.1) is 12.0 Å². The molecule has 0 radical (unpaired) electrons. The van der Waals surface area contributed by atoms with Crippen LogP contribution in [0.2, 0.25) is 0 Å². The first kappa shape index (κ1) is 12.1. The molecule has 1 fully saturated rings. The fraction of sp³-hybridized carbons (Fsp3) is 0.571. The first-order valence-electron chi connectivity index (χ1n) is 6.13. The number of pyridine rings is 1. The average Bonchev–Trinajstić information content (AvgIpc) is 2.29. The minimum atomic E-state index is 0.0925. The molecule has 0 aliphatic carbocycles. The molecular formula is C14H19N3. The van der Waals surface area contributed by atoms with Gasteiger partial charge in [0.15, 0.2) is 0 Å². The van der Waals surface area contributed by atoms with Crippen LogP contribution in [-0.4, -0.2) is 23.0 Å². The van der Waals surface area contributed by atoms with E-state index in [0.717, 1.165) is 26.1 Å². The highest BCUT2D eigenvalue weighted by Gasteiger charge is 2.35. The maximum Gasteiger partial charge on any atom is 0.0662 e. The maximum atomic E-state index is 9.12. The lowest BCUT2D eigenvalue weighted by molar-refractivity contribution is 0.0769. The fourth-order valence-electron chi connectivity index (χ4n) is 2.59. The SMILES string of the molecule is CC1(C)CN(Cc2cccnc2)CCC1C#N. The molecule has 17 heavy (non-hydrogen) atoms. The second-order valence-electron chi connectivity index (χ2n) is 5.53. The molecule has 1 aliphatic heterocycles. The number of aromatic nitrogens is 1. The summed E-state index contributed by atoms with van der Waals surface area (Å²) < 4.78 is 0. The van der Waals surface area contributed by atoms with E-state index < -0.39 is 0 Å². The molecule has 1 aliphatic rings. The van der Waals surface area contributed by atoms with Crippen molar-refractivity contribution in [2.75, 3.05) is 13.1 Å². The van der Waals surface area contributed by atoms with Crippen molar-refractivity contribution in [2.24, 2.45) is 11.3 Å². The zero-order valence-corrected chi connectivity index (χ0v) is 10.6. The molecule has 0 spiro atoms. The molecule has 0 saturated carbocycles. The van der Waals surface area contributed by atoms with Crippen molar-refractivity contribution in [3.8, 4) is 6.07 Å². The minimum absolute atomic E-state index is 0.0925. The molecule has 3 heteroatoms. The summed E-state index contributed by atoms with van der Waals surface area (Å²) in [6.07, 6.45) is 4.70. The predicted octanol–water partition coefficient (Wildman–Crippen LogP) is 2.45. The minimum Gasteiger partial charge on any atom is -0.298 e. The lowest BCUT2D eigenvalue weighted by Crippen LogP contribution is -2.44. The second-order valence-corrected chi connectivity index (χ2v) is 5.53. The van der Waals surface area contributed by atoms with Gasteiger partial charge in [0, 0.05) is 25.5 Å². The number of hydrogen-bond donors (Lipinski definition) is 0. The van der Waals surface area contributed by atoms with Gasteiger partial charge in [0.25, 0.3) is 0 Å². The summed E-state index contributed by atoms with van der Waals surface area (Å²) in [4.78, 5) is 6.56. The summed E-state index contributed by atoms with van der Waals surface area (Å²) in [6.45, 7) is 7.32. The summed E-state index contributed by atoms with van der Waals surface area (Å²) in [6, 6.07) is 6.52. The van der Waals surface area contributed by atoms with Gasteiger partial charge in [-0.1, -0.05) is 19.9 Å². The Morgan fingerprint density at radius 3 is 3.00 bits per heavy atom. The molecule has 1 aromatic rings. The van der Waals surface area contributed by atoms with Gasteiger partial charge in [-0.3, -0.25) is 9.88 Å². The van der Waals surface area contributed by atoms with Crippen molar-refractivity contribution in [1.29, 1.82) is 5.26 Å². The molecule has 90 valence electrons. The van der Waals surface area contributed by atoms with Crippen molar-refractivity contribution >= 4 is 0 Å². The fourth-order valence-corrected chi connectivity index (χ4v) is 2.59. The monoisotopic (exact) mass is 229 g/mol. The standard InChI is InChI=1S/C14H19N3/c1-14(2)11-17(7-5-13(14)8-15)10-12-4-3-6-16-9-12/h3-4,6,9,13H,5,7,10-11H2,1-2H3. The van der Waals surface area contributed by atoms with E-state index in [-0.39, 0.29) is 11.3 Å². The van der Waals surface area contributed by atoms with Gasteiger partial charge in [-0.2, -0.15) is 5.26 Å². The van der Waals surface area contributed by atoms with Gasteiger partial charge in [0.2, 0.25) is 0 Å².